The second kappa shape index (κ2) is 5.87. The summed E-state index contributed by atoms with van der Waals surface area (Å²) in [5.41, 5.74) is 10.8. The van der Waals surface area contributed by atoms with E-state index in [2.05, 4.69) is 0 Å². The molecule has 1 saturated carbocycles. The van der Waals surface area contributed by atoms with Crippen LogP contribution in [0.2, 0.25) is 0 Å². The number of hydrogen-bond acceptors (Lipinski definition) is 5. The number of ether oxygens (including phenoxy) is 1. The van der Waals surface area contributed by atoms with Gasteiger partial charge in [0, 0.05) is 17.7 Å². The largest absolute Gasteiger partial charge is 0.484 e. The van der Waals surface area contributed by atoms with E-state index in [9.17, 15) is 14.9 Å². The highest BCUT2D eigenvalue weighted by Crippen LogP contribution is 2.31. The molecule has 1 amide bonds. The molecular weight excluding hydrogens is 262 g/mol. The van der Waals surface area contributed by atoms with Crippen LogP contribution in [0.25, 0.3) is 0 Å². The van der Waals surface area contributed by atoms with Gasteiger partial charge in [0.1, 0.15) is 0 Å². The van der Waals surface area contributed by atoms with Crippen molar-refractivity contribution in [1.29, 1.82) is 0 Å². The molecule has 0 aliphatic heterocycles. The van der Waals surface area contributed by atoms with Crippen molar-refractivity contribution in [3.8, 4) is 5.75 Å². The summed E-state index contributed by atoms with van der Waals surface area (Å²) in [6.45, 7) is 0. The first-order chi connectivity index (χ1) is 9.47. The molecule has 20 heavy (non-hydrogen) atoms. The smallest absolute Gasteiger partial charge is 0.311 e. The number of hydrogen-bond donors (Lipinski definition) is 2. The number of benzene rings is 1. The van der Waals surface area contributed by atoms with Crippen molar-refractivity contribution < 1.29 is 14.5 Å². The van der Waals surface area contributed by atoms with Crippen LogP contribution in [0.1, 0.15) is 36.0 Å². The van der Waals surface area contributed by atoms with E-state index >= 15 is 0 Å². The second-order valence-corrected chi connectivity index (χ2v) is 4.96. The Kier molecular flexibility index (Phi) is 4.19. The normalized spacial score (nSPS) is 22.2. The Morgan fingerprint density at radius 1 is 1.30 bits per heavy atom. The van der Waals surface area contributed by atoms with Gasteiger partial charge in [-0.25, -0.2) is 0 Å². The minimum atomic E-state index is -0.705. The highest BCUT2D eigenvalue weighted by molar-refractivity contribution is 5.93. The minimum absolute atomic E-state index is 0.0760. The van der Waals surface area contributed by atoms with Gasteiger partial charge in [0.25, 0.3) is 0 Å². The van der Waals surface area contributed by atoms with E-state index in [0.717, 1.165) is 31.7 Å². The highest BCUT2D eigenvalue weighted by atomic mass is 16.6. The molecule has 7 nitrogen and oxygen atoms in total. The molecule has 0 spiro atoms. The molecule has 0 bridgehead atoms. The van der Waals surface area contributed by atoms with Crippen LogP contribution in [-0.2, 0) is 0 Å². The van der Waals surface area contributed by atoms with Crippen LogP contribution < -0.4 is 16.2 Å². The van der Waals surface area contributed by atoms with Gasteiger partial charge in [-0.05, 0) is 37.8 Å². The van der Waals surface area contributed by atoms with Crippen LogP contribution in [0.15, 0.2) is 18.2 Å². The van der Waals surface area contributed by atoms with E-state index in [1.54, 1.807) is 0 Å². The van der Waals surface area contributed by atoms with E-state index in [0.29, 0.717) is 0 Å². The molecule has 0 unspecified atom stereocenters. The first-order valence-electron chi connectivity index (χ1n) is 6.48. The predicted molar refractivity (Wildman–Crippen MR) is 72.5 cm³/mol. The van der Waals surface area contributed by atoms with E-state index < -0.39 is 10.8 Å². The molecule has 0 radical (unpaired) electrons. The monoisotopic (exact) mass is 279 g/mol. The lowest BCUT2D eigenvalue weighted by Crippen LogP contribution is -2.31. The maximum Gasteiger partial charge on any atom is 0.311 e. The van der Waals surface area contributed by atoms with Gasteiger partial charge in [0.2, 0.25) is 5.91 Å². The van der Waals surface area contributed by atoms with Crippen molar-refractivity contribution >= 4 is 11.6 Å². The molecule has 1 aliphatic rings. The van der Waals surface area contributed by atoms with Crippen molar-refractivity contribution in [1.82, 2.24) is 0 Å². The number of nitrogens with two attached hydrogens (primary N) is 2. The van der Waals surface area contributed by atoms with Crippen molar-refractivity contribution in [2.75, 3.05) is 0 Å². The van der Waals surface area contributed by atoms with Gasteiger partial charge in [-0.15, -0.1) is 0 Å². The third kappa shape index (κ3) is 3.24. The number of primary amides is 1. The summed E-state index contributed by atoms with van der Waals surface area (Å²) < 4.78 is 5.68. The molecule has 7 heteroatoms. The third-order valence-electron chi connectivity index (χ3n) is 3.45. The molecule has 0 saturated heterocycles. The zero-order valence-electron chi connectivity index (χ0n) is 11.0. The summed E-state index contributed by atoms with van der Waals surface area (Å²) in [7, 11) is 0. The number of carbonyl (C=O) groups excluding carboxylic acids is 1. The van der Waals surface area contributed by atoms with Crippen molar-refractivity contribution in [3.05, 3.63) is 33.9 Å². The van der Waals surface area contributed by atoms with Gasteiger partial charge >= 0.3 is 5.69 Å². The number of carbonyl (C=O) groups is 1. The van der Waals surface area contributed by atoms with Crippen LogP contribution in [-0.4, -0.2) is 23.0 Å². The zero-order chi connectivity index (χ0) is 14.7. The maximum absolute atomic E-state index is 11.1. The Hall–Kier alpha value is -2.15. The quantitative estimate of drug-likeness (QED) is 0.636. The molecule has 0 aromatic heterocycles. The lowest BCUT2D eigenvalue weighted by atomic mass is 9.94. The average molecular weight is 279 g/mol. The second-order valence-electron chi connectivity index (χ2n) is 4.96. The molecular formula is C13H17N3O4. The van der Waals surface area contributed by atoms with Crippen LogP contribution in [0.5, 0.6) is 5.75 Å². The molecule has 1 aliphatic carbocycles. The van der Waals surface area contributed by atoms with Crippen LogP contribution in [0.3, 0.4) is 0 Å². The topological polar surface area (TPSA) is 121 Å². The third-order valence-corrected chi connectivity index (χ3v) is 3.45. The number of nitro groups is 1. The molecule has 1 aromatic rings. The summed E-state index contributed by atoms with van der Waals surface area (Å²) in [6.07, 6.45) is 3.16. The Balaban J connectivity index is 2.18. The molecule has 1 fully saturated rings. The standard InChI is InChI=1S/C13H17N3O4/c14-9-2-4-10(5-3-9)20-12-6-1-8(13(15)17)7-11(12)16(18)19/h1,6-7,9-10H,2-5,14H2,(H2,15,17). The first-order valence-corrected chi connectivity index (χ1v) is 6.48. The molecule has 1 aromatic carbocycles. The van der Waals surface area contributed by atoms with Crippen LogP contribution in [0, 0.1) is 10.1 Å². The molecule has 2 rings (SSSR count). The summed E-state index contributed by atoms with van der Waals surface area (Å²) in [6, 6.07) is 4.18. The zero-order valence-corrected chi connectivity index (χ0v) is 11.0. The summed E-state index contributed by atoms with van der Waals surface area (Å²) in [5, 5.41) is 11.0. The molecule has 0 atom stereocenters. The molecule has 0 heterocycles. The van der Waals surface area contributed by atoms with Crippen LogP contribution >= 0.6 is 0 Å². The molecule has 108 valence electrons. The van der Waals surface area contributed by atoms with Crippen molar-refractivity contribution in [3.63, 3.8) is 0 Å². The van der Waals surface area contributed by atoms with Crippen LogP contribution in [0.4, 0.5) is 5.69 Å². The maximum atomic E-state index is 11.1. The van der Waals surface area contributed by atoms with Gasteiger partial charge in [0.05, 0.1) is 11.0 Å². The van der Waals surface area contributed by atoms with Gasteiger partial charge in [0.15, 0.2) is 5.75 Å². The predicted octanol–water partition coefficient (Wildman–Crippen LogP) is 1.34. The Morgan fingerprint density at radius 2 is 1.95 bits per heavy atom. The summed E-state index contributed by atoms with van der Waals surface area (Å²) in [5.74, 6) is -0.538. The lowest BCUT2D eigenvalue weighted by molar-refractivity contribution is -0.386. The van der Waals surface area contributed by atoms with Gasteiger partial charge in [-0.1, -0.05) is 0 Å². The van der Waals surface area contributed by atoms with E-state index in [4.69, 9.17) is 16.2 Å². The van der Waals surface area contributed by atoms with E-state index in [1.165, 1.54) is 12.1 Å². The number of nitrogens with zero attached hydrogens (tertiary/aromatic N) is 1. The van der Waals surface area contributed by atoms with E-state index in [-0.39, 0.29) is 29.1 Å². The molecule has 4 N–H and O–H groups in total. The highest BCUT2D eigenvalue weighted by Gasteiger charge is 2.24. The Morgan fingerprint density at radius 3 is 2.50 bits per heavy atom. The lowest BCUT2D eigenvalue weighted by Gasteiger charge is -2.26. The Bertz CT molecular complexity index is 524. The number of nitro benzene ring substituents is 1. The number of amides is 1. The van der Waals surface area contributed by atoms with Gasteiger partial charge in [-0.2, -0.15) is 0 Å². The SMILES string of the molecule is NC(=O)c1ccc(OC2CCC(N)CC2)c([N+](=O)[O-])c1. The minimum Gasteiger partial charge on any atom is -0.484 e. The fraction of sp³-hybridized carbons (Fsp3) is 0.462. The first kappa shape index (κ1) is 14.3. The fourth-order valence-corrected chi connectivity index (χ4v) is 2.30. The fourth-order valence-electron chi connectivity index (χ4n) is 2.30. The average Bonchev–Trinajstić information content (AvgIpc) is 2.41. The van der Waals surface area contributed by atoms with Crippen molar-refractivity contribution in [2.24, 2.45) is 11.5 Å². The van der Waals surface area contributed by atoms with Crippen molar-refractivity contribution in [2.45, 2.75) is 37.8 Å². The van der Waals surface area contributed by atoms with E-state index in [1.807, 2.05) is 0 Å². The number of rotatable bonds is 4. The van der Waals surface area contributed by atoms with Gasteiger partial charge < -0.3 is 16.2 Å². The summed E-state index contributed by atoms with van der Waals surface area (Å²) in [4.78, 5) is 21.5. The summed E-state index contributed by atoms with van der Waals surface area (Å²) >= 11 is 0. The Labute approximate surface area is 116 Å². The van der Waals surface area contributed by atoms with Gasteiger partial charge in [-0.3, -0.25) is 14.9 Å².